The van der Waals surface area contributed by atoms with Gasteiger partial charge in [-0.3, -0.25) is 9.89 Å². The van der Waals surface area contributed by atoms with Crippen LogP contribution < -0.4 is 5.56 Å². The largest absolute Gasteiger partial charge is 0.294 e. The zero-order valence-electron chi connectivity index (χ0n) is 14.0. The fourth-order valence-electron chi connectivity index (χ4n) is 3.18. The zero-order valence-corrected chi connectivity index (χ0v) is 14.0. The topological polar surface area (TPSA) is 50.2 Å². The molecule has 1 N–H and O–H groups in total. The first-order valence-corrected chi connectivity index (χ1v) is 7.48. The van der Waals surface area contributed by atoms with E-state index < -0.39 is 0 Å². The first-order valence-electron chi connectivity index (χ1n) is 7.48. The van der Waals surface area contributed by atoms with Crippen molar-refractivity contribution in [3.8, 4) is 11.3 Å². The minimum Gasteiger partial charge on any atom is -0.294 e. The van der Waals surface area contributed by atoms with E-state index >= 15 is 0 Å². The molecule has 114 valence electrons. The second-order valence-electron chi connectivity index (χ2n) is 6.19. The molecule has 22 heavy (non-hydrogen) atoms. The molecular weight excluding hydrogens is 274 g/mol. The van der Waals surface area contributed by atoms with Crippen molar-refractivity contribution in [2.75, 3.05) is 0 Å². The summed E-state index contributed by atoms with van der Waals surface area (Å²) in [6.45, 7) is 12.0. The van der Waals surface area contributed by atoms with Crippen molar-refractivity contribution in [2.24, 2.45) is 0 Å². The van der Waals surface area contributed by atoms with Crippen molar-refractivity contribution in [3.63, 3.8) is 0 Å². The van der Waals surface area contributed by atoms with Gasteiger partial charge < -0.3 is 0 Å². The number of fused-ring (bicyclic) bond motifs is 1. The highest BCUT2D eigenvalue weighted by Gasteiger charge is 2.17. The van der Waals surface area contributed by atoms with Crippen LogP contribution in [0.2, 0.25) is 0 Å². The number of H-pyrrole nitrogens is 1. The smallest absolute Gasteiger partial charge is 0.276 e. The summed E-state index contributed by atoms with van der Waals surface area (Å²) in [6.07, 6.45) is 0. The van der Waals surface area contributed by atoms with E-state index in [2.05, 4.69) is 38.0 Å². The number of aromatic amines is 1. The Labute approximate surface area is 129 Å². The van der Waals surface area contributed by atoms with Gasteiger partial charge in [0.1, 0.15) is 0 Å². The summed E-state index contributed by atoms with van der Waals surface area (Å²) in [7, 11) is 0. The molecule has 0 spiro atoms. The van der Waals surface area contributed by atoms with Gasteiger partial charge in [-0.1, -0.05) is 17.7 Å². The van der Waals surface area contributed by atoms with Crippen molar-refractivity contribution < 1.29 is 0 Å². The van der Waals surface area contributed by atoms with E-state index in [1.54, 1.807) is 4.52 Å². The normalized spacial score (nSPS) is 11.4. The van der Waals surface area contributed by atoms with E-state index in [4.69, 9.17) is 4.98 Å². The molecule has 3 rings (SSSR count). The van der Waals surface area contributed by atoms with Crippen molar-refractivity contribution in [2.45, 2.75) is 41.5 Å². The van der Waals surface area contributed by atoms with Crippen LogP contribution in [0.3, 0.4) is 0 Å². The SMILES string of the molecule is Cc1cc(C)c(-c2nc3c(C)c(C)[nH]n3c(=O)c2C)c(C)c1. The summed E-state index contributed by atoms with van der Waals surface area (Å²) in [6, 6.07) is 4.28. The third kappa shape index (κ3) is 1.98. The number of hydrogen-bond donors (Lipinski definition) is 1. The lowest BCUT2D eigenvalue weighted by Crippen LogP contribution is -2.19. The molecule has 3 aromatic rings. The van der Waals surface area contributed by atoms with Gasteiger partial charge in [0.25, 0.3) is 5.56 Å². The van der Waals surface area contributed by atoms with E-state index in [0.29, 0.717) is 11.2 Å². The molecule has 0 aliphatic rings. The standard InChI is InChI=1S/C18H21N3O/c1-9-7-10(2)15(11(3)8-9)16-13(5)18(22)21-17(19-16)12(4)14(6)20-21/h7-8,20H,1-6H3. The maximum atomic E-state index is 12.7. The molecule has 2 aromatic heterocycles. The summed E-state index contributed by atoms with van der Waals surface area (Å²) in [5.41, 5.74) is 8.74. The maximum Gasteiger partial charge on any atom is 0.276 e. The van der Waals surface area contributed by atoms with E-state index in [9.17, 15) is 4.79 Å². The molecule has 0 bridgehead atoms. The van der Waals surface area contributed by atoms with Crippen molar-refractivity contribution in [1.82, 2.24) is 14.6 Å². The Morgan fingerprint density at radius 2 is 1.55 bits per heavy atom. The lowest BCUT2D eigenvalue weighted by molar-refractivity contribution is 0.870. The third-order valence-corrected chi connectivity index (χ3v) is 4.40. The van der Waals surface area contributed by atoms with Crippen LogP contribution >= 0.6 is 0 Å². The number of benzene rings is 1. The highest BCUT2D eigenvalue weighted by atomic mass is 16.1. The Balaban J connectivity index is 2.45. The molecule has 0 amide bonds. The predicted molar refractivity (Wildman–Crippen MR) is 89.7 cm³/mol. The van der Waals surface area contributed by atoms with Crippen LogP contribution in [0, 0.1) is 41.5 Å². The minimum atomic E-state index is -0.0319. The molecular formula is C18H21N3O. The number of nitrogens with one attached hydrogen (secondary N) is 1. The van der Waals surface area contributed by atoms with Gasteiger partial charge in [0, 0.05) is 22.4 Å². The Bertz CT molecular complexity index is 938. The Hall–Kier alpha value is -2.36. The van der Waals surface area contributed by atoms with Gasteiger partial charge in [0.2, 0.25) is 0 Å². The Morgan fingerprint density at radius 3 is 2.14 bits per heavy atom. The quantitative estimate of drug-likeness (QED) is 0.746. The molecule has 0 unspecified atom stereocenters. The first-order chi connectivity index (χ1) is 10.3. The molecule has 4 heteroatoms. The average Bonchev–Trinajstić information content (AvgIpc) is 2.71. The summed E-state index contributed by atoms with van der Waals surface area (Å²) in [5.74, 6) is 0. The van der Waals surface area contributed by atoms with Gasteiger partial charge in [-0.05, 0) is 52.7 Å². The fourth-order valence-corrected chi connectivity index (χ4v) is 3.18. The molecule has 0 atom stereocenters. The van der Waals surface area contributed by atoms with Gasteiger partial charge in [-0.25, -0.2) is 9.50 Å². The summed E-state index contributed by atoms with van der Waals surface area (Å²) < 4.78 is 1.54. The predicted octanol–water partition coefficient (Wildman–Crippen LogP) is 3.54. The lowest BCUT2D eigenvalue weighted by Gasteiger charge is -2.13. The average molecular weight is 295 g/mol. The Kier molecular flexibility index (Phi) is 3.20. The van der Waals surface area contributed by atoms with Crippen molar-refractivity contribution >= 4 is 5.65 Å². The van der Waals surface area contributed by atoms with Gasteiger partial charge in [-0.15, -0.1) is 0 Å². The van der Waals surface area contributed by atoms with Gasteiger partial charge in [-0.2, -0.15) is 0 Å². The highest BCUT2D eigenvalue weighted by Crippen LogP contribution is 2.29. The van der Waals surface area contributed by atoms with E-state index in [-0.39, 0.29) is 5.56 Å². The number of aromatic nitrogens is 3. The number of aryl methyl sites for hydroxylation is 5. The number of hydrogen-bond acceptors (Lipinski definition) is 2. The molecule has 0 fully saturated rings. The van der Waals surface area contributed by atoms with Gasteiger partial charge in [0.15, 0.2) is 5.65 Å². The molecule has 4 nitrogen and oxygen atoms in total. The highest BCUT2D eigenvalue weighted by molar-refractivity contribution is 5.72. The summed E-state index contributed by atoms with van der Waals surface area (Å²) >= 11 is 0. The van der Waals surface area contributed by atoms with Crippen LogP contribution in [-0.2, 0) is 0 Å². The maximum absolute atomic E-state index is 12.7. The molecule has 0 aliphatic carbocycles. The fraction of sp³-hybridized carbons (Fsp3) is 0.333. The molecule has 0 saturated heterocycles. The van der Waals surface area contributed by atoms with Crippen LogP contribution in [-0.4, -0.2) is 14.6 Å². The molecule has 0 radical (unpaired) electrons. The van der Waals surface area contributed by atoms with Crippen LogP contribution in [0.1, 0.15) is 33.5 Å². The van der Waals surface area contributed by atoms with Crippen LogP contribution in [0.5, 0.6) is 0 Å². The van der Waals surface area contributed by atoms with Crippen molar-refractivity contribution in [1.29, 1.82) is 0 Å². The van der Waals surface area contributed by atoms with E-state index in [1.165, 1.54) is 5.56 Å². The Morgan fingerprint density at radius 1 is 0.955 bits per heavy atom. The summed E-state index contributed by atoms with van der Waals surface area (Å²) in [5, 5.41) is 3.09. The molecule has 0 saturated carbocycles. The number of nitrogens with zero attached hydrogens (tertiary/aromatic N) is 2. The van der Waals surface area contributed by atoms with Crippen molar-refractivity contribution in [3.05, 3.63) is 56.0 Å². The van der Waals surface area contributed by atoms with Crippen LogP contribution in [0.25, 0.3) is 16.9 Å². The number of rotatable bonds is 1. The minimum absolute atomic E-state index is 0.0319. The second-order valence-corrected chi connectivity index (χ2v) is 6.19. The van der Waals surface area contributed by atoms with Gasteiger partial charge in [0.05, 0.1) is 5.69 Å². The third-order valence-electron chi connectivity index (χ3n) is 4.40. The molecule has 2 heterocycles. The first kappa shape index (κ1) is 14.6. The zero-order chi connectivity index (χ0) is 16.2. The van der Waals surface area contributed by atoms with Crippen LogP contribution in [0.15, 0.2) is 16.9 Å². The van der Waals surface area contributed by atoms with E-state index in [1.807, 2.05) is 20.8 Å². The lowest BCUT2D eigenvalue weighted by atomic mass is 9.95. The molecule has 0 aliphatic heterocycles. The van der Waals surface area contributed by atoms with Gasteiger partial charge >= 0.3 is 0 Å². The second kappa shape index (κ2) is 4.83. The monoisotopic (exact) mass is 295 g/mol. The van der Waals surface area contributed by atoms with E-state index in [0.717, 1.165) is 33.6 Å². The molecule has 1 aromatic carbocycles. The van der Waals surface area contributed by atoms with Crippen LogP contribution in [0.4, 0.5) is 0 Å². The summed E-state index contributed by atoms with van der Waals surface area (Å²) in [4.78, 5) is 17.5.